The average Bonchev–Trinajstić information content (AvgIpc) is 2.71. The maximum Gasteiger partial charge on any atom is 0.346 e. The van der Waals surface area contributed by atoms with Gasteiger partial charge in [0.1, 0.15) is 15.5 Å². The van der Waals surface area contributed by atoms with Crippen LogP contribution >= 0.6 is 22.9 Å². The second kappa shape index (κ2) is 4.80. The molecule has 1 aromatic heterocycles. The third-order valence-corrected chi connectivity index (χ3v) is 3.69. The first-order valence-electron chi connectivity index (χ1n) is 4.86. The maximum absolute atomic E-state index is 12.1. The zero-order valence-electron chi connectivity index (χ0n) is 8.88. The molecule has 2 rings (SSSR count). The summed E-state index contributed by atoms with van der Waals surface area (Å²) in [5.74, 6) is -2.02. The highest BCUT2D eigenvalue weighted by molar-refractivity contribution is 7.16. The second-order valence-corrected chi connectivity index (χ2v) is 4.90. The van der Waals surface area contributed by atoms with E-state index in [1.807, 2.05) is 0 Å². The average molecular weight is 283 g/mol. The minimum atomic E-state index is -1.19. The molecule has 92 valence electrons. The molecule has 2 N–H and O–H groups in total. The molecule has 0 fully saturated rings. The van der Waals surface area contributed by atoms with Crippen molar-refractivity contribution in [2.24, 2.45) is 0 Å². The van der Waals surface area contributed by atoms with E-state index in [4.69, 9.17) is 16.7 Å². The lowest BCUT2D eigenvalue weighted by Crippen LogP contribution is -1.99. The van der Waals surface area contributed by atoms with Gasteiger partial charge in [-0.3, -0.25) is 4.79 Å². The van der Waals surface area contributed by atoms with Crippen molar-refractivity contribution in [3.05, 3.63) is 50.7 Å². The van der Waals surface area contributed by atoms with E-state index in [0.717, 1.165) is 17.4 Å². The van der Waals surface area contributed by atoms with Crippen LogP contribution in [0, 0.1) is 0 Å². The lowest BCUT2D eigenvalue weighted by molar-refractivity contribution is 0.0701. The highest BCUT2D eigenvalue weighted by Gasteiger charge is 2.21. The van der Waals surface area contributed by atoms with Gasteiger partial charge in [-0.1, -0.05) is 23.7 Å². The Morgan fingerprint density at radius 3 is 2.44 bits per heavy atom. The Morgan fingerprint density at radius 1 is 1.22 bits per heavy atom. The van der Waals surface area contributed by atoms with Crippen LogP contribution in [0.4, 0.5) is 0 Å². The highest BCUT2D eigenvalue weighted by Crippen LogP contribution is 2.32. The molecule has 6 heteroatoms. The monoisotopic (exact) mass is 282 g/mol. The molecular formula is C12H7ClO4S. The van der Waals surface area contributed by atoms with Crippen LogP contribution in [0.3, 0.4) is 0 Å². The van der Waals surface area contributed by atoms with Crippen molar-refractivity contribution in [2.75, 3.05) is 0 Å². The number of hydrogen-bond acceptors (Lipinski definition) is 4. The molecule has 0 saturated heterocycles. The molecule has 0 aliphatic carbocycles. The number of carbonyl (C=O) groups excluding carboxylic acids is 1. The van der Waals surface area contributed by atoms with Gasteiger partial charge in [-0.25, -0.2) is 4.79 Å². The lowest BCUT2D eigenvalue weighted by Gasteiger charge is -2.01. The van der Waals surface area contributed by atoms with Gasteiger partial charge >= 0.3 is 5.97 Å². The zero-order valence-corrected chi connectivity index (χ0v) is 10.5. The van der Waals surface area contributed by atoms with Crippen LogP contribution in [0.1, 0.15) is 24.9 Å². The number of halogens is 1. The number of carboxylic acid groups (broad SMARTS) is 1. The smallest absolute Gasteiger partial charge is 0.346 e. The first-order chi connectivity index (χ1) is 8.50. The van der Waals surface area contributed by atoms with Crippen LogP contribution in [0.2, 0.25) is 5.02 Å². The standard InChI is InChI=1S/C12H7ClO4S/c13-7-4-2-1-3-6(7)10(15)11-8(14)5-9(18-11)12(16)17/h1-5,14H,(H,16,17). The quantitative estimate of drug-likeness (QED) is 0.849. The normalized spacial score (nSPS) is 10.3. The van der Waals surface area contributed by atoms with Crippen LogP contribution in [0.5, 0.6) is 5.75 Å². The van der Waals surface area contributed by atoms with Crippen molar-refractivity contribution in [1.82, 2.24) is 0 Å². The number of aromatic hydroxyl groups is 1. The van der Waals surface area contributed by atoms with Crippen LogP contribution in [-0.2, 0) is 0 Å². The Hall–Kier alpha value is -1.85. The molecule has 1 heterocycles. The molecule has 0 saturated carbocycles. The van der Waals surface area contributed by atoms with Crippen molar-refractivity contribution >= 4 is 34.7 Å². The molecule has 4 nitrogen and oxygen atoms in total. The number of thiophene rings is 1. The van der Waals surface area contributed by atoms with E-state index < -0.39 is 11.8 Å². The predicted octanol–water partition coefficient (Wildman–Crippen LogP) is 3.04. The number of carboxylic acids is 1. The van der Waals surface area contributed by atoms with Gasteiger partial charge < -0.3 is 10.2 Å². The minimum absolute atomic E-state index is 0.0273. The fourth-order valence-corrected chi connectivity index (χ4v) is 2.48. The van der Waals surface area contributed by atoms with Gasteiger partial charge in [-0.15, -0.1) is 11.3 Å². The molecule has 0 bridgehead atoms. The van der Waals surface area contributed by atoms with E-state index in [9.17, 15) is 14.7 Å². The summed E-state index contributed by atoms with van der Waals surface area (Å²) >= 11 is 6.60. The summed E-state index contributed by atoms with van der Waals surface area (Å²) in [5, 5.41) is 18.6. The molecule has 0 atom stereocenters. The van der Waals surface area contributed by atoms with Gasteiger partial charge in [0.2, 0.25) is 5.78 Å². The summed E-state index contributed by atoms with van der Waals surface area (Å²) in [6, 6.07) is 7.44. The van der Waals surface area contributed by atoms with Crippen molar-refractivity contribution < 1.29 is 19.8 Å². The van der Waals surface area contributed by atoms with Crippen molar-refractivity contribution in [2.45, 2.75) is 0 Å². The SMILES string of the molecule is O=C(O)c1cc(O)c(C(=O)c2ccccc2Cl)s1. The van der Waals surface area contributed by atoms with E-state index in [-0.39, 0.29) is 26.1 Å². The molecule has 0 spiro atoms. The summed E-state index contributed by atoms with van der Waals surface area (Å²) in [5.41, 5.74) is 0.230. The van der Waals surface area contributed by atoms with Crippen molar-refractivity contribution in [1.29, 1.82) is 0 Å². The van der Waals surface area contributed by atoms with Gasteiger partial charge in [-0.2, -0.15) is 0 Å². The second-order valence-electron chi connectivity index (χ2n) is 3.44. The molecule has 0 radical (unpaired) electrons. The third-order valence-electron chi connectivity index (χ3n) is 2.25. The molecular weight excluding hydrogens is 276 g/mol. The number of benzene rings is 1. The van der Waals surface area contributed by atoms with Crippen LogP contribution in [0.15, 0.2) is 30.3 Å². The third kappa shape index (κ3) is 2.23. The number of hydrogen-bond donors (Lipinski definition) is 2. The van der Waals surface area contributed by atoms with Crippen LogP contribution in [-0.4, -0.2) is 22.0 Å². The van der Waals surface area contributed by atoms with E-state index in [1.54, 1.807) is 18.2 Å². The first kappa shape index (κ1) is 12.6. The number of rotatable bonds is 3. The Labute approximate surface area is 111 Å². The van der Waals surface area contributed by atoms with Crippen molar-refractivity contribution in [3.8, 4) is 5.75 Å². The summed E-state index contributed by atoms with van der Waals surface area (Å²) in [6.07, 6.45) is 0. The van der Waals surface area contributed by atoms with Crippen molar-refractivity contribution in [3.63, 3.8) is 0 Å². The summed E-state index contributed by atoms with van der Waals surface area (Å²) in [4.78, 5) is 22.7. The molecule has 18 heavy (non-hydrogen) atoms. The molecule has 0 unspecified atom stereocenters. The van der Waals surface area contributed by atoms with E-state index in [0.29, 0.717) is 0 Å². The molecule has 0 aliphatic heterocycles. The van der Waals surface area contributed by atoms with Crippen LogP contribution in [0.25, 0.3) is 0 Å². The largest absolute Gasteiger partial charge is 0.506 e. The number of aromatic carboxylic acids is 1. The molecule has 1 aromatic carbocycles. The van der Waals surface area contributed by atoms with E-state index >= 15 is 0 Å². The zero-order chi connectivity index (χ0) is 13.3. The summed E-state index contributed by atoms with van der Waals surface area (Å²) < 4.78 is 0. The van der Waals surface area contributed by atoms with Gasteiger partial charge in [0.05, 0.1) is 5.02 Å². The molecule has 0 aliphatic rings. The summed E-state index contributed by atoms with van der Waals surface area (Å²) in [6.45, 7) is 0. The highest BCUT2D eigenvalue weighted by atomic mass is 35.5. The lowest BCUT2D eigenvalue weighted by atomic mass is 10.1. The van der Waals surface area contributed by atoms with Gasteiger partial charge in [0.25, 0.3) is 0 Å². The topological polar surface area (TPSA) is 74.6 Å². The fraction of sp³-hybridized carbons (Fsp3) is 0. The predicted molar refractivity (Wildman–Crippen MR) is 67.8 cm³/mol. The van der Waals surface area contributed by atoms with E-state index in [1.165, 1.54) is 6.07 Å². The number of ketones is 1. The minimum Gasteiger partial charge on any atom is -0.506 e. The summed E-state index contributed by atoms with van der Waals surface area (Å²) in [7, 11) is 0. The Kier molecular flexibility index (Phi) is 3.36. The maximum atomic E-state index is 12.1. The van der Waals surface area contributed by atoms with Gasteiger partial charge in [0, 0.05) is 11.6 Å². The van der Waals surface area contributed by atoms with Crippen LogP contribution < -0.4 is 0 Å². The Balaban J connectivity index is 2.47. The fourth-order valence-electron chi connectivity index (χ4n) is 1.42. The Morgan fingerprint density at radius 2 is 1.89 bits per heavy atom. The number of carbonyl (C=O) groups is 2. The molecule has 2 aromatic rings. The molecule has 0 amide bonds. The Bertz CT molecular complexity index is 633. The van der Waals surface area contributed by atoms with Gasteiger partial charge in [0.15, 0.2) is 0 Å². The first-order valence-corrected chi connectivity index (χ1v) is 6.05. The van der Waals surface area contributed by atoms with Gasteiger partial charge in [-0.05, 0) is 12.1 Å². The van der Waals surface area contributed by atoms with E-state index in [2.05, 4.69) is 0 Å².